The number of amidine groups is 1. The van der Waals surface area contributed by atoms with Gasteiger partial charge in [0.1, 0.15) is 11.5 Å². The van der Waals surface area contributed by atoms with Gasteiger partial charge in [0.25, 0.3) is 11.8 Å². The number of benzene rings is 3. The van der Waals surface area contributed by atoms with Crippen molar-refractivity contribution in [1.29, 1.82) is 0 Å². The monoisotopic (exact) mass is 459 g/mol. The molecule has 2 N–H and O–H groups in total. The second-order valence-corrected chi connectivity index (χ2v) is 7.95. The summed E-state index contributed by atoms with van der Waals surface area (Å²) >= 11 is 1.29. The number of anilines is 1. The molecular weight excluding hydrogens is 438 g/mol. The largest absolute Gasteiger partial charge is 0.495 e. The first-order valence-corrected chi connectivity index (χ1v) is 10.9. The van der Waals surface area contributed by atoms with E-state index in [4.69, 9.17) is 9.47 Å². The van der Waals surface area contributed by atoms with E-state index in [-0.39, 0.29) is 18.4 Å². The minimum atomic E-state index is -0.296. The van der Waals surface area contributed by atoms with Crippen LogP contribution in [0.4, 0.5) is 11.4 Å². The number of aliphatic imine (C=N–C) groups is 1. The molecule has 0 aromatic heterocycles. The molecular formula is C25H21N3O4S. The topological polar surface area (TPSA) is 89.0 Å². The van der Waals surface area contributed by atoms with E-state index >= 15 is 0 Å². The fraction of sp³-hybridized carbons (Fsp3) is 0.0800. The summed E-state index contributed by atoms with van der Waals surface area (Å²) in [5.74, 6) is 0.634. The van der Waals surface area contributed by atoms with Gasteiger partial charge in [-0.25, -0.2) is 4.99 Å². The molecule has 7 nitrogen and oxygen atoms in total. The molecule has 0 saturated carbocycles. The highest BCUT2D eigenvalue weighted by Gasteiger charge is 2.23. The zero-order chi connectivity index (χ0) is 23.0. The summed E-state index contributed by atoms with van der Waals surface area (Å²) in [5, 5.41) is 6.07. The molecule has 0 atom stereocenters. The first kappa shape index (κ1) is 22.2. The van der Waals surface area contributed by atoms with Crippen molar-refractivity contribution in [2.75, 3.05) is 19.0 Å². The molecule has 0 bridgehead atoms. The minimum absolute atomic E-state index is 0.143. The van der Waals surface area contributed by atoms with Gasteiger partial charge in [-0.2, -0.15) is 0 Å². The van der Waals surface area contributed by atoms with E-state index in [1.165, 1.54) is 11.8 Å². The summed E-state index contributed by atoms with van der Waals surface area (Å²) < 4.78 is 10.8. The van der Waals surface area contributed by atoms with Crippen LogP contribution in [0, 0.1) is 0 Å². The molecule has 2 amide bonds. The minimum Gasteiger partial charge on any atom is -0.495 e. The average Bonchev–Trinajstić information content (AvgIpc) is 3.18. The SMILES string of the molecule is COc1ccccc1NC(=O)COc1ccc(/C=C2/SC(=Nc3ccccc3)NC2=O)cc1. The number of hydrogen-bond donors (Lipinski definition) is 2. The van der Waals surface area contributed by atoms with Crippen LogP contribution in [0.2, 0.25) is 0 Å². The lowest BCUT2D eigenvalue weighted by Crippen LogP contribution is -2.20. The smallest absolute Gasteiger partial charge is 0.264 e. The Morgan fingerprint density at radius 2 is 1.76 bits per heavy atom. The summed E-state index contributed by atoms with van der Waals surface area (Å²) in [5.41, 5.74) is 2.19. The first-order chi connectivity index (χ1) is 16.1. The van der Waals surface area contributed by atoms with Crippen molar-refractivity contribution >= 4 is 46.2 Å². The number of nitrogens with zero attached hydrogens (tertiary/aromatic N) is 1. The van der Waals surface area contributed by atoms with Crippen LogP contribution >= 0.6 is 11.8 Å². The van der Waals surface area contributed by atoms with Crippen molar-refractivity contribution in [1.82, 2.24) is 5.32 Å². The normalized spacial score (nSPS) is 15.4. The molecule has 4 rings (SSSR count). The van der Waals surface area contributed by atoms with Crippen molar-refractivity contribution in [2.24, 2.45) is 4.99 Å². The summed E-state index contributed by atoms with van der Waals surface area (Å²) in [6.07, 6.45) is 1.78. The van der Waals surface area contributed by atoms with Crippen LogP contribution in [-0.2, 0) is 9.59 Å². The van der Waals surface area contributed by atoms with Crippen LogP contribution in [0.5, 0.6) is 11.5 Å². The summed E-state index contributed by atoms with van der Waals surface area (Å²) in [7, 11) is 1.54. The number of para-hydroxylation sites is 3. The van der Waals surface area contributed by atoms with Gasteiger partial charge < -0.3 is 20.1 Å². The van der Waals surface area contributed by atoms with Crippen molar-refractivity contribution in [3.05, 3.63) is 89.3 Å². The molecule has 1 heterocycles. The summed E-state index contributed by atoms with van der Waals surface area (Å²) in [6.45, 7) is -0.143. The van der Waals surface area contributed by atoms with Crippen LogP contribution in [0.25, 0.3) is 6.08 Å². The highest BCUT2D eigenvalue weighted by Crippen LogP contribution is 2.28. The molecule has 3 aromatic rings. The molecule has 1 aliphatic heterocycles. The zero-order valence-electron chi connectivity index (χ0n) is 17.8. The Balaban J connectivity index is 1.33. The van der Waals surface area contributed by atoms with E-state index < -0.39 is 0 Å². The van der Waals surface area contributed by atoms with Gasteiger partial charge in [-0.05, 0) is 59.8 Å². The standard InChI is InChI=1S/C25H21N3O4S/c1-31-21-10-6-5-9-20(21)27-23(29)16-32-19-13-11-17(12-14-19)15-22-24(30)28-25(33-22)26-18-7-3-2-4-8-18/h2-15H,16H2,1H3,(H,27,29)(H,26,28,30)/b22-15+. The Bertz CT molecular complexity index is 1210. The molecule has 1 saturated heterocycles. The van der Waals surface area contributed by atoms with Crippen molar-refractivity contribution < 1.29 is 19.1 Å². The van der Waals surface area contributed by atoms with Crippen LogP contribution in [0.3, 0.4) is 0 Å². The third-order valence-corrected chi connectivity index (χ3v) is 5.48. The van der Waals surface area contributed by atoms with Crippen LogP contribution < -0.4 is 20.1 Å². The number of amides is 2. The number of thioether (sulfide) groups is 1. The summed E-state index contributed by atoms with van der Waals surface area (Å²) in [6, 6.07) is 23.7. The average molecular weight is 460 g/mol. The molecule has 166 valence electrons. The lowest BCUT2D eigenvalue weighted by Gasteiger charge is -2.10. The molecule has 1 fully saturated rings. The Kier molecular flexibility index (Phi) is 7.06. The maximum Gasteiger partial charge on any atom is 0.264 e. The molecule has 0 radical (unpaired) electrons. The Morgan fingerprint density at radius 1 is 1.03 bits per heavy atom. The maximum atomic E-state index is 12.3. The number of carbonyl (C=O) groups excluding carboxylic acids is 2. The van der Waals surface area contributed by atoms with Gasteiger partial charge in [-0.3, -0.25) is 9.59 Å². The second-order valence-electron chi connectivity index (χ2n) is 6.92. The van der Waals surface area contributed by atoms with Gasteiger partial charge in [-0.15, -0.1) is 0 Å². The molecule has 0 aliphatic carbocycles. The van der Waals surface area contributed by atoms with E-state index in [2.05, 4.69) is 15.6 Å². The van der Waals surface area contributed by atoms with Crippen LogP contribution in [-0.4, -0.2) is 30.7 Å². The van der Waals surface area contributed by atoms with Gasteiger partial charge in [0.2, 0.25) is 0 Å². The van der Waals surface area contributed by atoms with Gasteiger partial charge in [-0.1, -0.05) is 42.5 Å². The highest BCUT2D eigenvalue weighted by molar-refractivity contribution is 8.18. The van der Waals surface area contributed by atoms with E-state index in [9.17, 15) is 9.59 Å². The number of rotatable bonds is 7. The van der Waals surface area contributed by atoms with Crippen molar-refractivity contribution in [3.8, 4) is 11.5 Å². The van der Waals surface area contributed by atoms with Gasteiger partial charge >= 0.3 is 0 Å². The third kappa shape index (κ3) is 6.02. The molecule has 0 spiro atoms. The number of nitrogens with one attached hydrogen (secondary N) is 2. The maximum absolute atomic E-state index is 12.3. The van der Waals surface area contributed by atoms with E-state index in [1.54, 1.807) is 37.5 Å². The lowest BCUT2D eigenvalue weighted by molar-refractivity contribution is -0.118. The molecule has 1 aliphatic rings. The number of methoxy groups -OCH3 is 1. The Labute approximate surface area is 195 Å². The number of ether oxygens (including phenoxy) is 2. The second kappa shape index (κ2) is 10.5. The lowest BCUT2D eigenvalue weighted by atomic mass is 10.2. The predicted octanol–water partition coefficient (Wildman–Crippen LogP) is 4.60. The van der Waals surface area contributed by atoms with Crippen molar-refractivity contribution in [3.63, 3.8) is 0 Å². The third-order valence-electron chi connectivity index (χ3n) is 4.57. The Hall–Kier alpha value is -4.04. The zero-order valence-corrected chi connectivity index (χ0v) is 18.6. The van der Waals surface area contributed by atoms with E-state index in [0.29, 0.717) is 27.3 Å². The highest BCUT2D eigenvalue weighted by atomic mass is 32.2. The number of hydrogen-bond acceptors (Lipinski definition) is 6. The van der Waals surface area contributed by atoms with Crippen LogP contribution in [0.15, 0.2) is 88.8 Å². The first-order valence-electron chi connectivity index (χ1n) is 10.1. The van der Waals surface area contributed by atoms with Gasteiger partial charge in [0, 0.05) is 0 Å². The molecule has 3 aromatic carbocycles. The molecule has 33 heavy (non-hydrogen) atoms. The molecule has 8 heteroatoms. The fourth-order valence-electron chi connectivity index (χ4n) is 3.00. The van der Waals surface area contributed by atoms with Crippen molar-refractivity contribution in [2.45, 2.75) is 0 Å². The Morgan fingerprint density at radius 3 is 2.52 bits per heavy atom. The van der Waals surface area contributed by atoms with Gasteiger partial charge in [0.05, 0.1) is 23.4 Å². The fourth-order valence-corrected chi connectivity index (χ4v) is 3.84. The van der Waals surface area contributed by atoms with E-state index in [0.717, 1.165) is 11.3 Å². The van der Waals surface area contributed by atoms with E-state index in [1.807, 2.05) is 54.6 Å². The quantitative estimate of drug-likeness (QED) is 0.504. The summed E-state index contributed by atoms with van der Waals surface area (Å²) in [4.78, 5) is 29.4. The van der Waals surface area contributed by atoms with Crippen LogP contribution in [0.1, 0.15) is 5.56 Å². The van der Waals surface area contributed by atoms with Gasteiger partial charge in [0.15, 0.2) is 11.8 Å². The predicted molar refractivity (Wildman–Crippen MR) is 131 cm³/mol. The number of carbonyl (C=O) groups is 2. The molecule has 0 unspecified atom stereocenters.